The first-order valence-corrected chi connectivity index (χ1v) is 16.1. The number of imide groups is 1. The summed E-state index contributed by atoms with van der Waals surface area (Å²) in [4.78, 5) is 33.3. The van der Waals surface area contributed by atoms with Gasteiger partial charge in [-0.3, -0.25) is 24.3 Å². The molecule has 1 N–H and O–H groups in total. The molecule has 1 fully saturated rings. The largest absolute Gasteiger partial charge is 0.504 e. The maximum absolute atomic E-state index is 13.8. The molecule has 1 saturated heterocycles. The molecule has 2 bridgehead atoms. The maximum Gasteiger partial charge on any atom is 0.261 e. The number of hydrogen-bond donors (Lipinski definition) is 1. The molecule has 11 heteroatoms. The van der Waals surface area contributed by atoms with Gasteiger partial charge in [-0.1, -0.05) is 30.9 Å². The van der Waals surface area contributed by atoms with Crippen molar-refractivity contribution in [1.82, 2.24) is 14.7 Å². The second-order valence-electron chi connectivity index (χ2n) is 13.1. The standard InChI is InChI=1S/C37H36N4O7/c1-6-11-46-33-19(3)34-35(48-17-47-34)29-23(33)14-25-30-28-20(12-18(2)32(45-5)31(28)42)13-24(39(30)4)26(15-38)41(25)27(29)16-40-36(43)21-9-7-8-10-22(21)37(40)44/h6-10,12,24-27,30,42H,1,11,13-14,16-17H2,2-5H3/t24-,25?,26?,27?,30-/m0/s1. The third kappa shape index (κ3) is 3.99. The lowest BCUT2D eigenvalue weighted by Crippen LogP contribution is -2.68. The number of aryl methyl sites for hydroxylation is 1. The van der Waals surface area contributed by atoms with E-state index in [0.29, 0.717) is 47.0 Å². The number of likely N-dealkylation sites (N-methyl/N-ethyl adjacent to an activating group) is 1. The highest BCUT2D eigenvalue weighted by atomic mass is 16.7. The molecule has 5 aliphatic rings. The highest BCUT2D eigenvalue weighted by molar-refractivity contribution is 6.21. The zero-order chi connectivity index (χ0) is 33.6. The van der Waals surface area contributed by atoms with Crippen molar-refractivity contribution in [1.29, 1.82) is 5.26 Å². The van der Waals surface area contributed by atoms with Crippen molar-refractivity contribution in [2.45, 2.75) is 56.9 Å². The van der Waals surface area contributed by atoms with Gasteiger partial charge < -0.3 is 24.1 Å². The van der Waals surface area contributed by atoms with Crippen LogP contribution in [0.25, 0.3) is 0 Å². The van der Waals surface area contributed by atoms with Crippen molar-refractivity contribution >= 4 is 11.8 Å². The normalized spacial score (nSPS) is 25.1. The first-order chi connectivity index (χ1) is 23.2. The van der Waals surface area contributed by atoms with Gasteiger partial charge in [-0.25, -0.2) is 0 Å². The highest BCUT2D eigenvalue weighted by Crippen LogP contribution is 2.58. The average molecular weight is 649 g/mol. The molecular formula is C37H36N4O7. The Labute approximate surface area is 278 Å². The summed E-state index contributed by atoms with van der Waals surface area (Å²) in [6, 6.07) is 9.26. The lowest BCUT2D eigenvalue weighted by molar-refractivity contribution is -0.0758. The Bertz CT molecular complexity index is 1930. The molecule has 8 rings (SSSR count). The minimum atomic E-state index is -0.650. The van der Waals surface area contributed by atoms with Gasteiger partial charge in [-0.2, -0.15) is 5.26 Å². The Morgan fingerprint density at radius 1 is 1.06 bits per heavy atom. The van der Waals surface area contributed by atoms with Crippen LogP contribution in [-0.2, 0) is 12.8 Å². The molecule has 0 aromatic heterocycles. The molecule has 0 saturated carbocycles. The number of phenols is 1. The molecule has 3 unspecified atom stereocenters. The Hall–Kier alpha value is -5.05. The number of nitrogens with zero attached hydrogens (tertiary/aromatic N) is 4. The molecule has 0 aliphatic carbocycles. The summed E-state index contributed by atoms with van der Waals surface area (Å²) in [5.74, 6) is 1.46. The van der Waals surface area contributed by atoms with E-state index in [9.17, 15) is 20.0 Å². The fourth-order valence-corrected chi connectivity index (χ4v) is 8.92. The van der Waals surface area contributed by atoms with Gasteiger partial charge in [0, 0.05) is 40.9 Å². The minimum absolute atomic E-state index is 0.00670. The topological polar surface area (TPSA) is 125 Å². The van der Waals surface area contributed by atoms with E-state index in [4.69, 9.17) is 18.9 Å². The number of phenolic OH excluding ortho intramolecular Hbond substituents is 1. The van der Waals surface area contributed by atoms with Crippen LogP contribution in [-0.4, -0.2) is 83.8 Å². The zero-order valence-corrected chi connectivity index (χ0v) is 27.3. The monoisotopic (exact) mass is 648 g/mol. The molecule has 3 aromatic carbocycles. The quantitative estimate of drug-likeness (QED) is 0.304. The molecule has 48 heavy (non-hydrogen) atoms. The SMILES string of the molecule is C=CCOc1c(C)c2c(c3c1CC1[C@H]4c5c(cc(C)c(OC)c5O)C[C@@H](C(C#N)N1C3CN1C(=O)c3ccccc3C1=O)N4C)OCO2. The molecule has 11 nitrogen and oxygen atoms in total. The van der Waals surface area contributed by atoms with E-state index in [0.717, 1.165) is 33.4 Å². The summed E-state index contributed by atoms with van der Waals surface area (Å²) in [5, 5.41) is 22.7. The number of carbonyl (C=O) groups excluding carboxylic acids is 2. The average Bonchev–Trinajstić information content (AvgIpc) is 3.65. The van der Waals surface area contributed by atoms with Gasteiger partial charge in [0.05, 0.1) is 36.4 Å². The van der Waals surface area contributed by atoms with Gasteiger partial charge in [0.15, 0.2) is 23.0 Å². The Kier molecular flexibility index (Phi) is 6.95. The number of piperazine rings is 1. The van der Waals surface area contributed by atoms with Crippen molar-refractivity contribution < 1.29 is 33.6 Å². The van der Waals surface area contributed by atoms with Crippen LogP contribution in [0.3, 0.4) is 0 Å². The maximum atomic E-state index is 13.8. The molecule has 5 heterocycles. The van der Waals surface area contributed by atoms with Gasteiger partial charge >= 0.3 is 0 Å². The number of nitriles is 1. The highest BCUT2D eigenvalue weighted by Gasteiger charge is 2.57. The van der Waals surface area contributed by atoms with Crippen molar-refractivity contribution in [2.75, 3.05) is 34.1 Å². The number of carbonyl (C=O) groups is 2. The number of amides is 2. The molecule has 5 aliphatic heterocycles. The summed E-state index contributed by atoms with van der Waals surface area (Å²) in [5.41, 5.74) is 5.65. The number of methoxy groups -OCH3 is 1. The van der Waals surface area contributed by atoms with E-state index < -0.39 is 12.1 Å². The Balaban J connectivity index is 1.37. The van der Waals surface area contributed by atoms with Crippen LogP contribution in [0.2, 0.25) is 0 Å². The van der Waals surface area contributed by atoms with E-state index in [2.05, 4.69) is 28.5 Å². The molecule has 3 aromatic rings. The molecular weight excluding hydrogens is 612 g/mol. The molecule has 2 amide bonds. The van der Waals surface area contributed by atoms with Gasteiger partial charge in [0.2, 0.25) is 6.79 Å². The fraction of sp³-hybridized carbons (Fsp3) is 0.378. The minimum Gasteiger partial charge on any atom is -0.504 e. The van der Waals surface area contributed by atoms with Crippen LogP contribution in [0, 0.1) is 25.2 Å². The van der Waals surface area contributed by atoms with Crippen molar-refractivity contribution in [2.24, 2.45) is 0 Å². The summed E-state index contributed by atoms with van der Waals surface area (Å²) in [6.07, 6.45) is 2.64. The first kappa shape index (κ1) is 30.3. The van der Waals surface area contributed by atoms with E-state index >= 15 is 0 Å². The van der Waals surface area contributed by atoms with E-state index in [1.807, 2.05) is 20.9 Å². The van der Waals surface area contributed by atoms with Gasteiger partial charge in [-0.05, 0) is 57.0 Å². The molecule has 246 valence electrons. The number of ether oxygens (including phenoxy) is 4. The summed E-state index contributed by atoms with van der Waals surface area (Å²) in [7, 11) is 3.55. The Morgan fingerprint density at radius 2 is 1.77 bits per heavy atom. The van der Waals surface area contributed by atoms with Crippen LogP contribution in [0.4, 0.5) is 0 Å². The predicted octanol–water partition coefficient (Wildman–Crippen LogP) is 4.38. The second-order valence-corrected chi connectivity index (χ2v) is 13.1. The molecule has 0 radical (unpaired) electrons. The number of fused-ring (bicyclic) bond motifs is 10. The second kappa shape index (κ2) is 11.0. The zero-order valence-electron chi connectivity index (χ0n) is 27.3. The smallest absolute Gasteiger partial charge is 0.261 e. The van der Waals surface area contributed by atoms with Crippen molar-refractivity contribution in [3.05, 3.63) is 87.5 Å². The number of hydrogen-bond acceptors (Lipinski definition) is 10. The number of aromatic hydroxyl groups is 1. The third-order valence-electron chi connectivity index (χ3n) is 10.8. The van der Waals surface area contributed by atoms with Crippen LogP contribution >= 0.6 is 0 Å². The van der Waals surface area contributed by atoms with E-state index in [1.165, 1.54) is 4.90 Å². The lowest BCUT2D eigenvalue weighted by atomic mass is 9.71. The van der Waals surface area contributed by atoms with E-state index in [-0.39, 0.29) is 55.6 Å². The Morgan fingerprint density at radius 3 is 2.44 bits per heavy atom. The molecule has 0 spiro atoms. The number of benzene rings is 3. The molecule has 5 atom stereocenters. The van der Waals surface area contributed by atoms with Crippen LogP contribution in [0.1, 0.15) is 66.2 Å². The van der Waals surface area contributed by atoms with Gasteiger partial charge in [0.1, 0.15) is 18.4 Å². The summed E-state index contributed by atoms with van der Waals surface area (Å²) < 4.78 is 24.2. The van der Waals surface area contributed by atoms with Crippen LogP contribution < -0.4 is 18.9 Å². The van der Waals surface area contributed by atoms with E-state index in [1.54, 1.807) is 37.5 Å². The van der Waals surface area contributed by atoms with Crippen LogP contribution in [0.5, 0.6) is 28.7 Å². The first-order valence-electron chi connectivity index (χ1n) is 16.1. The summed E-state index contributed by atoms with van der Waals surface area (Å²) >= 11 is 0. The van der Waals surface area contributed by atoms with Crippen LogP contribution in [0.15, 0.2) is 43.0 Å². The van der Waals surface area contributed by atoms with Gasteiger partial charge in [0.25, 0.3) is 11.8 Å². The fourth-order valence-electron chi connectivity index (χ4n) is 8.92. The summed E-state index contributed by atoms with van der Waals surface area (Å²) in [6.45, 7) is 7.92. The van der Waals surface area contributed by atoms with Gasteiger partial charge in [-0.15, -0.1) is 0 Å². The third-order valence-corrected chi connectivity index (χ3v) is 10.8. The lowest BCUT2D eigenvalue weighted by Gasteiger charge is -2.60. The van der Waals surface area contributed by atoms with Crippen molar-refractivity contribution in [3.63, 3.8) is 0 Å². The van der Waals surface area contributed by atoms with Crippen molar-refractivity contribution in [3.8, 4) is 34.8 Å². The predicted molar refractivity (Wildman–Crippen MR) is 174 cm³/mol. The number of rotatable bonds is 6.